The van der Waals surface area contributed by atoms with Crippen molar-refractivity contribution in [2.24, 2.45) is 0 Å². The van der Waals surface area contributed by atoms with Crippen LogP contribution in [0.15, 0.2) is 27.5 Å². The molecule has 3 rings (SSSR count). The molecule has 102 valence electrons. The van der Waals surface area contributed by atoms with Crippen molar-refractivity contribution < 1.29 is 12.8 Å². The van der Waals surface area contributed by atoms with E-state index < -0.39 is 9.84 Å². The number of oxazole rings is 1. The van der Waals surface area contributed by atoms with Gasteiger partial charge in [0.2, 0.25) is 0 Å². The molecule has 5 nitrogen and oxygen atoms in total. The lowest BCUT2D eigenvalue weighted by Crippen LogP contribution is -2.28. The third-order valence-electron chi connectivity index (χ3n) is 3.45. The van der Waals surface area contributed by atoms with E-state index in [2.05, 4.69) is 10.3 Å². The van der Waals surface area contributed by atoms with Crippen molar-refractivity contribution in [1.29, 1.82) is 0 Å². The summed E-state index contributed by atoms with van der Waals surface area (Å²) in [6.45, 7) is 1.90. The van der Waals surface area contributed by atoms with E-state index in [1.807, 2.05) is 0 Å². The zero-order chi connectivity index (χ0) is 13.5. The van der Waals surface area contributed by atoms with Crippen molar-refractivity contribution in [2.45, 2.75) is 23.7 Å². The highest BCUT2D eigenvalue weighted by molar-refractivity contribution is 7.90. The van der Waals surface area contributed by atoms with Crippen LogP contribution in [0.1, 0.15) is 24.7 Å². The Bertz CT molecular complexity index is 700. The minimum atomic E-state index is -3.20. The number of rotatable bonds is 2. The van der Waals surface area contributed by atoms with Gasteiger partial charge in [-0.3, -0.25) is 0 Å². The van der Waals surface area contributed by atoms with Gasteiger partial charge in [0.25, 0.3) is 0 Å². The summed E-state index contributed by atoms with van der Waals surface area (Å²) >= 11 is 0. The van der Waals surface area contributed by atoms with Crippen LogP contribution >= 0.6 is 0 Å². The summed E-state index contributed by atoms with van der Waals surface area (Å²) in [7, 11) is -3.20. The minimum absolute atomic E-state index is 0.279. The number of hydrogen-bond acceptors (Lipinski definition) is 5. The Morgan fingerprint density at radius 2 is 2.26 bits per heavy atom. The summed E-state index contributed by atoms with van der Waals surface area (Å²) in [4.78, 5) is 4.72. The van der Waals surface area contributed by atoms with Crippen LogP contribution in [0.2, 0.25) is 0 Å². The Labute approximate surface area is 111 Å². The summed E-state index contributed by atoms with van der Waals surface area (Å²) in [5.41, 5.74) is 1.26. The van der Waals surface area contributed by atoms with Gasteiger partial charge < -0.3 is 9.73 Å². The molecule has 1 fully saturated rings. The summed E-state index contributed by atoms with van der Waals surface area (Å²) < 4.78 is 28.8. The van der Waals surface area contributed by atoms with Crippen LogP contribution in [0.4, 0.5) is 0 Å². The normalized spacial score (nSPS) is 20.8. The van der Waals surface area contributed by atoms with Crippen LogP contribution in [0.5, 0.6) is 0 Å². The maximum absolute atomic E-state index is 11.5. The Hall–Kier alpha value is -1.40. The van der Waals surface area contributed by atoms with Crippen molar-refractivity contribution >= 4 is 20.9 Å². The predicted octanol–water partition coefficient (Wildman–Crippen LogP) is 1.70. The monoisotopic (exact) mass is 280 g/mol. The Morgan fingerprint density at radius 1 is 1.42 bits per heavy atom. The molecule has 0 saturated carbocycles. The second kappa shape index (κ2) is 4.61. The molecule has 0 radical (unpaired) electrons. The molecule has 1 N–H and O–H groups in total. The van der Waals surface area contributed by atoms with Crippen LogP contribution in [0.3, 0.4) is 0 Å². The summed E-state index contributed by atoms with van der Waals surface area (Å²) in [5.74, 6) is 0.982. The molecular formula is C13H16N2O3S. The van der Waals surface area contributed by atoms with Gasteiger partial charge in [-0.1, -0.05) is 0 Å². The van der Waals surface area contributed by atoms with Gasteiger partial charge in [0.15, 0.2) is 21.3 Å². The molecule has 1 aromatic carbocycles. The number of fused-ring (bicyclic) bond motifs is 1. The van der Waals surface area contributed by atoms with Crippen LogP contribution in [-0.2, 0) is 9.84 Å². The first-order valence-corrected chi connectivity index (χ1v) is 8.24. The number of benzene rings is 1. The van der Waals surface area contributed by atoms with Gasteiger partial charge in [-0.25, -0.2) is 13.4 Å². The average molecular weight is 280 g/mol. The van der Waals surface area contributed by atoms with E-state index in [0.29, 0.717) is 17.0 Å². The van der Waals surface area contributed by atoms with E-state index in [9.17, 15) is 8.42 Å². The summed E-state index contributed by atoms with van der Waals surface area (Å²) in [5, 5.41) is 3.32. The Balaban J connectivity index is 2.01. The molecule has 1 atom stereocenters. The van der Waals surface area contributed by atoms with Crippen molar-refractivity contribution in [1.82, 2.24) is 10.3 Å². The molecule has 1 unspecified atom stereocenters. The van der Waals surface area contributed by atoms with Gasteiger partial charge in [0, 0.05) is 18.7 Å². The van der Waals surface area contributed by atoms with E-state index in [4.69, 9.17) is 4.42 Å². The minimum Gasteiger partial charge on any atom is -0.440 e. The number of hydrogen-bond donors (Lipinski definition) is 1. The molecule has 0 amide bonds. The lowest BCUT2D eigenvalue weighted by Gasteiger charge is -2.19. The van der Waals surface area contributed by atoms with Crippen molar-refractivity contribution in [3.05, 3.63) is 24.1 Å². The zero-order valence-corrected chi connectivity index (χ0v) is 11.5. The largest absolute Gasteiger partial charge is 0.440 e. The quantitative estimate of drug-likeness (QED) is 0.906. The van der Waals surface area contributed by atoms with E-state index in [1.165, 1.54) is 6.26 Å². The lowest BCUT2D eigenvalue weighted by atomic mass is 10.00. The van der Waals surface area contributed by atoms with E-state index in [1.54, 1.807) is 18.2 Å². The molecule has 0 spiro atoms. The standard InChI is InChI=1S/C13H16N2O3S/c1-19(16,17)10-4-5-12-11(7-10)15-13(18-12)9-3-2-6-14-8-9/h4-5,7,9,14H,2-3,6,8H2,1H3. The zero-order valence-electron chi connectivity index (χ0n) is 10.7. The van der Waals surface area contributed by atoms with Gasteiger partial charge in [0.05, 0.1) is 4.90 Å². The van der Waals surface area contributed by atoms with Gasteiger partial charge >= 0.3 is 0 Å². The summed E-state index contributed by atoms with van der Waals surface area (Å²) in [6.07, 6.45) is 3.36. The topological polar surface area (TPSA) is 72.2 Å². The SMILES string of the molecule is CS(=O)(=O)c1ccc2oc(C3CCCNC3)nc2c1. The average Bonchev–Trinajstić information content (AvgIpc) is 2.81. The first-order chi connectivity index (χ1) is 9.04. The molecule has 19 heavy (non-hydrogen) atoms. The fourth-order valence-corrected chi connectivity index (χ4v) is 3.03. The molecule has 1 aromatic heterocycles. The molecule has 2 aromatic rings. The summed E-state index contributed by atoms with van der Waals surface area (Å²) in [6, 6.07) is 4.82. The van der Waals surface area contributed by atoms with E-state index >= 15 is 0 Å². The molecule has 1 aliphatic rings. The fraction of sp³-hybridized carbons (Fsp3) is 0.462. The molecule has 6 heteroatoms. The highest BCUT2D eigenvalue weighted by Gasteiger charge is 2.21. The Kier molecular flexibility index (Phi) is 3.06. The predicted molar refractivity (Wildman–Crippen MR) is 72.0 cm³/mol. The number of aromatic nitrogens is 1. The van der Waals surface area contributed by atoms with Crippen LogP contribution in [-0.4, -0.2) is 32.7 Å². The van der Waals surface area contributed by atoms with E-state index in [-0.39, 0.29) is 10.8 Å². The van der Waals surface area contributed by atoms with Gasteiger partial charge in [-0.2, -0.15) is 0 Å². The molecule has 1 saturated heterocycles. The van der Waals surface area contributed by atoms with Crippen LogP contribution in [0.25, 0.3) is 11.1 Å². The molecular weight excluding hydrogens is 264 g/mol. The number of nitrogens with zero attached hydrogens (tertiary/aromatic N) is 1. The molecule has 2 heterocycles. The van der Waals surface area contributed by atoms with Crippen molar-refractivity contribution in [3.8, 4) is 0 Å². The van der Waals surface area contributed by atoms with Crippen molar-refractivity contribution in [2.75, 3.05) is 19.3 Å². The third-order valence-corrected chi connectivity index (χ3v) is 4.56. The molecule has 1 aliphatic heterocycles. The fourth-order valence-electron chi connectivity index (χ4n) is 2.39. The number of piperidine rings is 1. The second-order valence-corrected chi connectivity index (χ2v) is 7.01. The molecule has 0 bridgehead atoms. The second-order valence-electron chi connectivity index (χ2n) is 5.00. The lowest BCUT2D eigenvalue weighted by molar-refractivity contribution is 0.387. The first kappa shape index (κ1) is 12.6. The van der Waals surface area contributed by atoms with Gasteiger partial charge in [-0.05, 0) is 37.6 Å². The number of sulfone groups is 1. The van der Waals surface area contributed by atoms with Crippen LogP contribution in [0, 0.1) is 0 Å². The molecule has 0 aliphatic carbocycles. The maximum Gasteiger partial charge on any atom is 0.199 e. The third kappa shape index (κ3) is 2.50. The Morgan fingerprint density at radius 3 is 2.95 bits per heavy atom. The number of nitrogens with one attached hydrogen (secondary N) is 1. The van der Waals surface area contributed by atoms with Gasteiger partial charge in [-0.15, -0.1) is 0 Å². The van der Waals surface area contributed by atoms with E-state index in [0.717, 1.165) is 25.9 Å². The highest BCUT2D eigenvalue weighted by Crippen LogP contribution is 2.27. The maximum atomic E-state index is 11.5. The van der Waals surface area contributed by atoms with Gasteiger partial charge in [0.1, 0.15) is 5.52 Å². The van der Waals surface area contributed by atoms with Crippen molar-refractivity contribution in [3.63, 3.8) is 0 Å². The highest BCUT2D eigenvalue weighted by atomic mass is 32.2. The van der Waals surface area contributed by atoms with Crippen LogP contribution < -0.4 is 5.32 Å². The smallest absolute Gasteiger partial charge is 0.199 e. The first-order valence-electron chi connectivity index (χ1n) is 6.35.